The molecule has 0 saturated carbocycles. The van der Waals surface area contributed by atoms with Gasteiger partial charge in [0.25, 0.3) is 0 Å². The fraction of sp³-hybridized carbons (Fsp3) is 0.227. The van der Waals surface area contributed by atoms with Gasteiger partial charge in [0.2, 0.25) is 0 Å². The number of hydrogen-bond acceptors (Lipinski definition) is 2. The molecule has 3 rings (SSSR count). The fourth-order valence-corrected chi connectivity index (χ4v) is 4.04. The van der Waals surface area contributed by atoms with E-state index in [1.165, 1.54) is 12.1 Å². The third kappa shape index (κ3) is 3.39. The quantitative estimate of drug-likeness (QED) is 0.807. The summed E-state index contributed by atoms with van der Waals surface area (Å²) in [7, 11) is -1.05. The highest BCUT2D eigenvalue weighted by molar-refractivity contribution is 7.84. The van der Waals surface area contributed by atoms with Crippen molar-refractivity contribution in [1.82, 2.24) is 0 Å². The summed E-state index contributed by atoms with van der Waals surface area (Å²) < 4.78 is 25.5. The van der Waals surface area contributed by atoms with E-state index in [-0.39, 0.29) is 0 Å². The molecule has 0 bridgehead atoms. The number of carboxylic acids is 1. The Labute approximate surface area is 160 Å². The SMILES string of the molecule is CC1=C(C(C)(C)C(=O)O)c2cc(F)ccc2C1=Cc1ccc(S(C)=O)cc1. The number of benzene rings is 2. The summed E-state index contributed by atoms with van der Waals surface area (Å²) in [5, 5.41) is 9.70. The van der Waals surface area contributed by atoms with Gasteiger partial charge in [-0.05, 0) is 84.5 Å². The Morgan fingerprint density at radius 3 is 2.30 bits per heavy atom. The summed E-state index contributed by atoms with van der Waals surface area (Å²) in [6.45, 7) is 5.15. The highest BCUT2D eigenvalue weighted by atomic mass is 32.2. The van der Waals surface area contributed by atoms with Gasteiger partial charge in [0.1, 0.15) is 5.82 Å². The zero-order chi connectivity index (χ0) is 19.9. The molecule has 5 heteroatoms. The van der Waals surface area contributed by atoms with Crippen molar-refractivity contribution in [3.63, 3.8) is 0 Å². The molecular formula is C22H21FO3S. The first-order valence-electron chi connectivity index (χ1n) is 8.53. The number of rotatable bonds is 4. The van der Waals surface area contributed by atoms with Crippen molar-refractivity contribution in [1.29, 1.82) is 0 Å². The molecule has 1 aliphatic carbocycles. The summed E-state index contributed by atoms with van der Waals surface area (Å²) in [6.07, 6.45) is 3.59. The maximum absolute atomic E-state index is 13.9. The average Bonchev–Trinajstić information content (AvgIpc) is 2.86. The Bertz CT molecular complexity index is 1010. The number of aliphatic carboxylic acids is 1. The van der Waals surface area contributed by atoms with E-state index in [4.69, 9.17) is 0 Å². The van der Waals surface area contributed by atoms with E-state index >= 15 is 0 Å². The Morgan fingerprint density at radius 2 is 1.74 bits per heavy atom. The van der Waals surface area contributed by atoms with Crippen LogP contribution in [0.2, 0.25) is 0 Å². The highest BCUT2D eigenvalue weighted by Crippen LogP contribution is 2.50. The van der Waals surface area contributed by atoms with Gasteiger partial charge in [-0.25, -0.2) is 4.39 Å². The van der Waals surface area contributed by atoms with E-state index in [9.17, 15) is 18.5 Å². The molecule has 0 aliphatic heterocycles. The minimum atomic E-state index is -1.15. The van der Waals surface area contributed by atoms with Crippen molar-refractivity contribution in [3.8, 4) is 0 Å². The lowest BCUT2D eigenvalue weighted by Crippen LogP contribution is -2.25. The Hall–Kier alpha value is -2.53. The van der Waals surface area contributed by atoms with Crippen LogP contribution in [0.3, 0.4) is 0 Å². The van der Waals surface area contributed by atoms with E-state index in [0.717, 1.165) is 27.2 Å². The van der Waals surface area contributed by atoms with Gasteiger partial charge < -0.3 is 5.11 Å². The second-order valence-corrected chi connectivity index (χ2v) is 8.58. The minimum absolute atomic E-state index is 0.392. The molecule has 0 saturated heterocycles. The molecule has 2 aromatic carbocycles. The summed E-state index contributed by atoms with van der Waals surface area (Å²) in [5.74, 6) is -1.35. The molecule has 0 aromatic heterocycles. The molecular weight excluding hydrogens is 363 g/mol. The van der Waals surface area contributed by atoms with Crippen LogP contribution in [0.15, 0.2) is 52.9 Å². The zero-order valence-corrected chi connectivity index (χ0v) is 16.5. The molecule has 2 aromatic rings. The largest absolute Gasteiger partial charge is 0.481 e. The zero-order valence-electron chi connectivity index (χ0n) is 15.7. The minimum Gasteiger partial charge on any atom is -0.481 e. The van der Waals surface area contributed by atoms with Gasteiger partial charge in [-0.15, -0.1) is 0 Å². The second-order valence-electron chi connectivity index (χ2n) is 7.20. The Balaban J connectivity index is 2.20. The molecule has 0 radical (unpaired) electrons. The van der Waals surface area contributed by atoms with E-state index in [1.807, 2.05) is 37.3 Å². The van der Waals surface area contributed by atoms with Crippen LogP contribution in [0, 0.1) is 11.2 Å². The van der Waals surface area contributed by atoms with E-state index in [0.29, 0.717) is 11.1 Å². The number of carbonyl (C=O) groups is 1. The lowest BCUT2D eigenvalue weighted by atomic mass is 9.80. The topological polar surface area (TPSA) is 54.4 Å². The van der Waals surface area contributed by atoms with Crippen LogP contribution in [-0.2, 0) is 15.6 Å². The van der Waals surface area contributed by atoms with Gasteiger partial charge in [-0.2, -0.15) is 0 Å². The second kappa shape index (κ2) is 6.89. The monoisotopic (exact) mass is 384 g/mol. The Kier molecular flexibility index (Phi) is 4.91. The molecule has 1 N–H and O–H groups in total. The average molecular weight is 384 g/mol. The number of carboxylic acid groups (broad SMARTS) is 1. The molecule has 1 aliphatic rings. The number of allylic oxidation sites excluding steroid dienone is 2. The van der Waals surface area contributed by atoms with Crippen LogP contribution in [0.1, 0.15) is 37.5 Å². The normalized spacial score (nSPS) is 16.6. The number of fused-ring (bicyclic) bond motifs is 1. The van der Waals surface area contributed by atoms with Crippen molar-refractivity contribution < 1.29 is 18.5 Å². The van der Waals surface area contributed by atoms with Gasteiger partial charge in [-0.3, -0.25) is 9.00 Å². The summed E-state index contributed by atoms with van der Waals surface area (Å²) >= 11 is 0. The van der Waals surface area contributed by atoms with E-state index in [2.05, 4.69) is 0 Å². The number of halogens is 1. The van der Waals surface area contributed by atoms with Crippen LogP contribution < -0.4 is 0 Å². The molecule has 140 valence electrons. The first-order chi connectivity index (χ1) is 12.6. The predicted octanol–water partition coefficient (Wildman–Crippen LogP) is 5.00. The van der Waals surface area contributed by atoms with E-state index < -0.39 is 28.0 Å². The summed E-state index contributed by atoms with van der Waals surface area (Å²) in [4.78, 5) is 12.6. The lowest BCUT2D eigenvalue weighted by Gasteiger charge is -2.23. The van der Waals surface area contributed by atoms with Crippen molar-refractivity contribution in [2.75, 3.05) is 6.26 Å². The summed E-state index contributed by atoms with van der Waals surface area (Å²) in [5.41, 5.74) is 3.53. The number of hydrogen-bond donors (Lipinski definition) is 1. The molecule has 1 unspecified atom stereocenters. The maximum Gasteiger partial charge on any atom is 0.313 e. The maximum atomic E-state index is 13.9. The fourth-order valence-electron chi connectivity index (χ4n) is 3.52. The lowest BCUT2D eigenvalue weighted by molar-refractivity contribution is -0.143. The third-order valence-corrected chi connectivity index (χ3v) is 5.94. The van der Waals surface area contributed by atoms with Crippen molar-refractivity contribution in [2.45, 2.75) is 25.7 Å². The van der Waals surface area contributed by atoms with Gasteiger partial charge in [0.15, 0.2) is 0 Å². The van der Waals surface area contributed by atoms with Gasteiger partial charge >= 0.3 is 5.97 Å². The van der Waals surface area contributed by atoms with Gasteiger partial charge in [0, 0.05) is 22.0 Å². The highest BCUT2D eigenvalue weighted by Gasteiger charge is 2.39. The third-order valence-electron chi connectivity index (χ3n) is 5.00. The van der Waals surface area contributed by atoms with Crippen molar-refractivity contribution in [2.24, 2.45) is 5.41 Å². The molecule has 0 spiro atoms. The predicted molar refractivity (Wildman–Crippen MR) is 107 cm³/mol. The molecule has 27 heavy (non-hydrogen) atoms. The first kappa shape index (κ1) is 19.2. The van der Waals surface area contributed by atoms with Gasteiger partial charge in [0.05, 0.1) is 5.41 Å². The van der Waals surface area contributed by atoms with Crippen LogP contribution in [-0.4, -0.2) is 21.5 Å². The van der Waals surface area contributed by atoms with Crippen LogP contribution in [0.25, 0.3) is 17.2 Å². The standard InChI is InChI=1S/C22H21FO3S/c1-13-18(11-14-5-8-16(9-6-14)27(4)26)17-10-7-15(23)12-19(17)20(13)22(2,3)21(24)25/h5-12H,1-4H3,(H,24,25). The molecule has 0 fully saturated rings. The van der Waals surface area contributed by atoms with Crippen LogP contribution in [0.4, 0.5) is 4.39 Å². The van der Waals surface area contributed by atoms with Crippen molar-refractivity contribution >= 4 is 34.0 Å². The first-order valence-corrected chi connectivity index (χ1v) is 10.1. The van der Waals surface area contributed by atoms with Crippen LogP contribution >= 0.6 is 0 Å². The summed E-state index contributed by atoms with van der Waals surface area (Å²) in [6, 6.07) is 11.9. The van der Waals surface area contributed by atoms with Crippen LogP contribution in [0.5, 0.6) is 0 Å². The Morgan fingerprint density at radius 1 is 1.11 bits per heavy atom. The molecule has 0 amide bonds. The van der Waals surface area contributed by atoms with E-state index in [1.54, 1.807) is 26.2 Å². The molecule has 3 nitrogen and oxygen atoms in total. The molecule has 0 heterocycles. The smallest absolute Gasteiger partial charge is 0.313 e. The van der Waals surface area contributed by atoms with Crippen molar-refractivity contribution in [3.05, 3.63) is 70.5 Å². The van der Waals surface area contributed by atoms with Gasteiger partial charge in [-0.1, -0.05) is 18.2 Å². The molecule has 1 atom stereocenters.